The second-order valence-electron chi connectivity index (χ2n) is 4.48. The Morgan fingerprint density at radius 3 is 2.33 bits per heavy atom. The van der Waals surface area contributed by atoms with Crippen molar-refractivity contribution in [3.8, 4) is 0 Å². The normalized spacial score (nSPS) is 13.7. The molecule has 0 saturated heterocycles. The Balaban J connectivity index is 4.64. The molecule has 2 nitrogen and oxygen atoms in total. The van der Waals surface area contributed by atoms with Crippen LogP contribution in [0.2, 0.25) is 0 Å². The molecule has 0 heterocycles. The summed E-state index contributed by atoms with van der Waals surface area (Å²) in [5, 5.41) is -0.0479. The van der Waals surface area contributed by atoms with Gasteiger partial charge in [-0.3, -0.25) is 4.79 Å². The van der Waals surface area contributed by atoms with E-state index in [4.69, 9.17) is 23.2 Å². The number of nitrogens with zero attached hydrogens (tertiary/aromatic N) is 1. The Bertz CT molecular complexity index is 205. The van der Waals surface area contributed by atoms with Crippen molar-refractivity contribution in [2.45, 2.75) is 51.5 Å². The first kappa shape index (κ1) is 15.0. The lowest BCUT2D eigenvalue weighted by molar-refractivity contribution is -0.135. The van der Waals surface area contributed by atoms with Crippen LogP contribution in [0.25, 0.3) is 0 Å². The number of hydrogen-bond acceptors (Lipinski definition) is 1. The van der Waals surface area contributed by atoms with Gasteiger partial charge in [-0.1, -0.05) is 6.92 Å². The van der Waals surface area contributed by atoms with Crippen LogP contribution in [0.5, 0.6) is 0 Å². The SMILES string of the molecule is CCCC(=O)N(CC(C)Cl)C(C)(C)CCl. The summed E-state index contributed by atoms with van der Waals surface area (Å²) >= 11 is 11.8. The fraction of sp³-hybridized carbons (Fsp3) is 0.909. The van der Waals surface area contributed by atoms with Crippen LogP contribution in [-0.4, -0.2) is 34.1 Å². The standard InChI is InChI=1S/C11H21Cl2NO/c1-5-6-10(15)14(7-9(2)13)11(3,4)8-12/h9H,5-8H2,1-4H3. The summed E-state index contributed by atoms with van der Waals surface area (Å²) in [7, 11) is 0. The van der Waals surface area contributed by atoms with Crippen molar-refractivity contribution in [1.29, 1.82) is 0 Å². The van der Waals surface area contributed by atoms with Crippen LogP contribution in [0.1, 0.15) is 40.5 Å². The van der Waals surface area contributed by atoms with Gasteiger partial charge in [0.15, 0.2) is 0 Å². The van der Waals surface area contributed by atoms with Crippen molar-refractivity contribution in [3.63, 3.8) is 0 Å². The molecule has 1 amide bonds. The van der Waals surface area contributed by atoms with Gasteiger partial charge in [0, 0.05) is 24.2 Å². The lowest BCUT2D eigenvalue weighted by Crippen LogP contribution is -2.51. The van der Waals surface area contributed by atoms with Crippen molar-refractivity contribution < 1.29 is 4.79 Å². The quantitative estimate of drug-likeness (QED) is 0.666. The van der Waals surface area contributed by atoms with Crippen molar-refractivity contribution in [3.05, 3.63) is 0 Å². The molecule has 4 heteroatoms. The molecule has 0 fully saturated rings. The van der Waals surface area contributed by atoms with E-state index in [1.807, 2.05) is 27.7 Å². The fourth-order valence-corrected chi connectivity index (χ4v) is 1.64. The summed E-state index contributed by atoms with van der Waals surface area (Å²) in [5.74, 6) is 0.558. The zero-order valence-electron chi connectivity index (χ0n) is 10.0. The molecule has 0 rings (SSSR count). The van der Waals surface area contributed by atoms with E-state index in [1.54, 1.807) is 4.90 Å². The van der Waals surface area contributed by atoms with Gasteiger partial charge in [0.25, 0.3) is 0 Å². The first-order chi connectivity index (χ1) is 6.85. The average Bonchev–Trinajstić information content (AvgIpc) is 2.14. The van der Waals surface area contributed by atoms with Gasteiger partial charge in [-0.15, -0.1) is 23.2 Å². The highest BCUT2D eigenvalue weighted by molar-refractivity contribution is 6.20. The second kappa shape index (κ2) is 6.59. The minimum absolute atomic E-state index is 0.0479. The molecule has 0 radical (unpaired) electrons. The maximum absolute atomic E-state index is 11.9. The summed E-state index contributed by atoms with van der Waals surface area (Å²) in [6.07, 6.45) is 1.41. The van der Waals surface area contributed by atoms with E-state index >= 15 is 0 Å². The first-order valence-electron chi connectivity index (χ1n) is 5.35. The van der Waals surface area contributed by atoms with Crippen molar-refractivity contribution in [1.82, 2.24) is 4.90 Å². The van der Waals surface area contributed by atoms with Gasteiger partial charge in [0.1, 0.15) is 0 Å². The Labute approximate surface area is 103 Å². The Morgan fingerprint density at radius 2 is 2.00 bits per heavy atom. The minimum Gasteiger partial charge on any atom is -0.335 e. The van der Waals surface area contributed by atoms with Crippen LogP contribution in [0.3, 0.4) is 0 Å². The highest BCUT2D eigenvalue weighted by Gasteiger charge is 2.30. The largest absolute Gasteiger partial charge is 0.335 e. The molecule has 0 aliphatic carbocycles. The van der Waals surface area contributed by atoms with E-state index in [9.17, 15) is 4.79 Å². The van der Waals surface area contributed by atoms with Crippen LogP contribution in [0, 0.1) is 0 Å². The molecule has 15 heavy (non-hydrogen) atoms. The van der Waals surface area contributed by atoms with Crippen LogP contribution in [0.15, 0.2) is 0 Å². The summed E-state index contributed by atoms with van der Waals surface area (Å²) in [6, 6.07) is 0. The van der Waals surface area contributed by atoms with E-state index in [0.29, 0.717) is 18.8 Å². The lowest BCUT2D eigenvalue weighted by Gasteiger charge is -2.38. The molecule has 0 bridgehead atoms. The fourth-order valence-electron chi connectivity index (χ4n) is 1.36. The summed E-state index contributed by atoms with van der Waals surface area (Å²) < 4.78 is 0. The lowest BCUT2D eigenvalue weighted by atomic mass is 10.0. The molecule has 0 saturated carbocycles. The molecule has 0 aliphatic rings. The molecule has 0 N–H and O–H groups in total. The van der Waals surface area contributed by atoms with Crippen LogP contribution in [0.4, 0.5) is 0 Å². The third-order valence-corrected chi connectivity index (χ3v) is 3.05. The molecule has 0 aromatic rings. The smallest absolute Gasteiger partial charge is 0.223 e. The van der Waals surface area contributed by atoms with E-state index in [1.165, 1.54) is 0 Å². The molecular formula is C11H21Cl2NO. The molecule has 0 spiro atoms. The van der Waals surface area contributed by atoms with E-state index in [2.05, 4.69) is 0 Å². The zero-order chi connectivity index (χ0) is 12.1. The predicted octanol–water partition coefficient (Wildman–Crippen LogP) is 3.26. The van der Waals surface area contributed by atoms with Crippen LogP contribution in [-0.2, 0) is 4.79 Å². The zero-order valence-corrected chi connectivity index (χ0v) is 11.5. The maximum atomic E-state index is 11.9. The molecular weight excluding hydrogens is 233 g/mol. The number of hydrogen-bond donors (Lipinski definition) is 0. The Morgan fingerprint density at radius 1 is 1.47 bits per heavy atom. The summed E-state index contributed by atoms with van der Waals surface area (Å²) in [6.45, 7) is 8.37. The van der Waals surface area contributed by atoms with Gasteiger partial charge in [0.2, 0.25) is 5.91 Å². The Hall–Kier alpha value is 0.0500. The minimum atomic E-state index is -0.322. The van der Waals surface area contributed by atoms with Crippen molar-refractivity contribution >= 4 is 29.1 Å². The van der Waals surface area contributed by atoms with E-state index in [0.717, 1.165) is 6.42 Å². The third-order valence-electron chi connectivity index (χ3n) is 2.26. The van der Waals surface area contributed by atoms with Gasteiger partial charge in [-0.2, -0.15) is 0 Å². The third kappa shape index (κ3) is 5.07. The van der Waals surface area contributed by atoms with Crippen LogP contribution < -0.4 is 0 Å². The molecule has 0 aliphatic heterocycles. The molecule has 90 valence electrons. The van der Waals surface area contributed by atoms with E-state index < -0.39 is 0 Å². The Kier molecular flexibility index (Phi) is 6.62. The van der Waals surface area contributed by atoms with E-state index in [-0.39, 0.29) is 16.8 Å². The summed E-state index contributed by atoms with van der Waals surface area (Å²) in [5.41, 5.74) is -0.322. The van der Waals surface area contributed by atoms with Gasteiger partial charge in [0.05, 0.1) is 5.54 Å². The first-order valence-corrected chi connectivity index (χ1v) is 6.32. The molecule has 1 atom stereocenters. The highest BCUT2D eigenvalue weighted by atomic mass is 35.5. The number of halogens is 2. The van der Waals surface area contributed by atoms with Gasteiger partial charge < -0.3 is 4.90 Å². The second-order valence-corrected chi connectivity index (χ2v) is 5.49. The maximum Gasteiger partial charge on any atom is 0.223 e. The number of carbonyl (C=O) groups is 1. The number of alkyl halides is 2. The number of rotatable bonds is 6. The van der Waals surface area contributed by atoms with Crippen molar-refractivity contribution in [2.24, 2.45) is 0 Å². The summed E-state index contributed by atoms with van der Waals surface area (Å²) in [4.78, 5) is 13.7. The number of amides is 1. The molecule has 0 aromatic carbocycles. The van der Waals surface area contributed by atoms with Gasteiger partial charge in [-0.05, 0) is 27.2 Å². The average molecular weight is 254 g/mol. The van der Waals surface area contributed by atoms with Gasteiger partial charge >= 0.3 is 0 Å². The van der Waals surface area contributed by atoms with Gasteiger partial charge in [-0.25, -0.2) is 0 Å². The monoisotopic (exact) mass is 253 g/mol. The highest BCUT2D eigenvalue weighted by Crippen LogP contribution is 2.19. The van der Waals surface area contributed by atoms with Crippen LogP contribution >= 0.6 is 23.2 Å². The predicted molar refractivity (Wildman–Crippen MR) is 66.7 cm³/mol. The molecule has 0 aromatic heterocycles. The van der Waals surface area contributed by atoms with Crippen molar-refractivity contribution in [2.75, 3.05) is 12.4 Å². The topological polar surface area (TPSA) is 20.3 Å². The number of carbonyl (C=O) groups excluding carboxylic acids is 1. The molecule has 1 unspecified atom stereocenters.